The second kappa shape index (κ2) is 8.56. The van der Waals surface area contributed by atoms with Gasteiger partial charge in [0.25, 0.3) is 0 Å². The summed E-state index contributed by atoms with van der Waals surface area (Å²) in [6.07, 6.45) is 1.58. The molecule has 0 unspecified atom stereocenters. The molecule has 0 heterocycles. The Morgan fingerprint density at radius 2 is 1.67 bits per heavy atom. The quantitative estimate of drug-likeness (QED) is 0.386. The van der Waals surface area contributed by atoms with E-state index in [2.05, 4.69) is 5.32 Å². The Hall–Kier alpha value is -3.04. The van der Waals surface area contributed by atoms with Crippen LogP contribution in [0.25, 0.3) is 0 Å². The fourth-order valence-electron chi connectivity index (χ4n) is 2.65. The van der Waals surface area contributed by atoms with E-state index in [0.717, 1.165) is 16.9 Å². The highest BCUT2D eigenvalue weighted by molar-refractivity contribution is 6.32. The zero-order valence-corrected chi connectivity index (χ0v) is 16.0. The second-order valence-electron chi connectivity index (χ2n) is 6.17. The minimum atomic E-state index is -0.0547. The van der Waals surface area contributed by atoms with Crippen LogP contribution < -0.4 is 10.1 Å². The first-order valence-electron chi connectivity index (χ1n) is 8.61. The van der Waals surface area contributed by atoms with E-state index < -0.39 is 0 Å². The second-order valence-corrected chi connectivity index (χ2v) is 6.57. The summed E-state index contributed by atoms with van der Waals surface area (Å²) < 4.78 is 6.05. The number of para-hydroxylation sites is 3. The number of carbonyl (C=O) groups is 1. The zero-order chi connectivity index (χ0) is 19.2. The third kappa shape index (κ3) is 4.78. The summed E-state index contributed by atoms with van der Waals surface area (Å²) in [7, 11) is 0. The largest absolute Gasteiger partial charge is 0.453 e. The topological polar surface area (TPSA) is 38.3 Å². The van der Waals surface area contributed by atoms with Gasteiger partial charge in [0, 0.05) is 17.3 Å². The molecule has 0 aliphatic carbocycles. The highest BCUT2D eigenvalue weighted by Gasteiger charge is 2.10. The van der Waals surface area contributed by atoms with E-state index in [4.69, 9.17) is 16.3 Å². The van der Waals surface area contributed by atoms with Gasteiger partial charge in [0.1, 0.15) is 5.75 Å². The van der Waals surface area contributed by atoms with Crippen LogP contribution >= 0.6 is 11.6 Å². The summed E-state index contributed by atoms with van der Waals surface area (Å²) in [6, 6.07) is 22.3. The number of allylic oxidation sites excluding steroid dienone is 2. The SMILES string of the molecule is C/C(=C/C(=O)c1ccccc1)Nc1ccccc1Oc1c(C)cccc1Cl. The van der Waals surface area contributed by atoms with Crippen molar-refractivity contribution < 1.29 is 9.53 Å². The fourth-order valence-corrected chi connectivity index (χ4v) is 2.91. The molecule has 3 aromatic rings. The number of benzene rings is 3. The smallest absolute Gasteiger partial charge is 0.187 e. The number of nitrogens with one attached hydrogen (secondary N) is 1. The lowest BCUT2D eigenvalue weighted by atomic mass is 10.1. The molecule has 0 atom stereocenters. The van der Waals surface area contributed by atoms with Crippen LogP contribution in [0.2, 0.25) is 5.02 Å². The van der Waals surface area contributed by atoms with Gasteiger partial charge in [0.05, 0.1) is 10.7 Å². The number of halogens is 1. The Labute approximate surface area is 164 Å². The number of ketones is 1. The molecule has 3 aromatic carbocycles. The number of rotatable bonds is 6. The van der Waals surface area contributed by atoms with Crippen molar-refractivity contribution in [1.29, 1.82) is 0 Å². The third-order valence-electron chi connectivity index (χ3n) is 4.00. The first-order chi connectivity index (χ1) is 13.0. The van der Waals surface area contributed by atoms with Gasteiger partial charge in [-0.2, -0.15) is 0 Å². The molecule has 4 heteroatoms. The molecule has 0 aliphatic heterocycles. The van der Waals surface area contributed by atoms with Crippen molar-refractivity contribution >= 4 is 23.1 Å². The van der Waals surface area contributed by atoms with Gasteiger partial charge in [-0.25, -0.2) is 0 Å². The molecule has 0 aliphatic rings. The average Bonchev–Trinajstić information content (AvgIpc) is 2.66. The summed E-state index contributed by atoms with van der Waals surface area (Å²) in [4.78, 5) is 12.3. The predicted octanol–water partition coefficient (Wildman–Crippen LogP) is 6.64. The van der Waals surface area contributed by atoms with Crippen LogP contribution in [0.4, 0.5) is 5.69 Å². The molecule has 0 amide bonds. The van der Waals surface area contributed by atoms with Crippen LogP contribution in [0.15, 0.2) is 84.6 Å². The van der Waals surface area contributed by atoms with Crippen molar-refractivity contribution in [3.8, 4) is 11.5 Å². The third-order valence-corrected chi connectivity index (χ3v) is 4.30. The summed E-state index contributed by atoms with van der Waals surface area (Å²) in [5, 5.41) is 3.79. The molecule has 1 N–H and O–H groups in total. The Morgan fingerprint density at radius 3 is 2.41 bits per heavy atom. The molecular formula is C23H20ClNO2. The van der Waals surface area contributed by atoms with Crippen molar-refractivity contribution in [3.05, 3.63) is 101 Å². The van der Waals surface area contributed by atoms with E-state index in [9.17, 15) is 4.79 Å². The lowest BCUT2D eigenvalue weighted by Gasteiger charge is -2.15. The van der Waals surface area contributed by atoms with Crippen molar-refractivity contribution in [2.75, 3.05) is 5.32 Å². The summed E-state index contributed by atoms with van der Waals surface area (Å²) in [5.74, 6) is 1.20. The number of ether oxygens (including phenoxy) is 1. The highest BCUT2D eigenvalue weighted by Crippen LogP contribution is 2.36. The van der Waals surface area contributed by atoms with Crippen molar-refractivity contribution in [3.63, 3.8) is 0 Å². The van der Waals surface area contributed by atoms with Crippen molar-refractivity contribution in [2.24, 2.45) is 0 Å². The van der Waals surface area contributed by atoms with Crippen LogP contribution in [-0.2, 0) is 0 Å². The summed E-state index contributed by atoms with van der Waals surface area (Å²) in [5.41, 5.74) is 3.07. The molecular weight excluding hydrogens is 358 g/mol. The molecule has 0 fully saturated rings. The van der Waals surface area contributed by atoms with Gasteiger partial charge in [-0.1, -0.05) is 66.2 Å². The predicted molar refractivity (Wildman–Crippen MR) is 111 cm³/mol. The molecule has 0 aromatic heterocycles. The molecule has 27 heavy (non-hydrogen) atoms. The maximum atomic E-state index is 12.3. The Morgan fingerprint density at radius 1 is 0.963 bits per heavy atom. The average molecular weight is 378 g/mol. The molecule has 3 nitrogen and oxygen atoms in total. The van der Waals surface area contributed by atoms with Gasteiger partial charge in [-0.3, -0.25) is 4.79 Å². The maximum absolute atomic E-state index is 12.3. The lowest BCUT2D eigenvalue weighted by molar-refractivity contribution is 0.104. The Bertz CT molecular complexity index is 960. The first kappa shape index (κ1) is 18.7. The lowest BCUT2D eigenvalue weighted by Crippen LogP contribution is -2.02. The summed E-state index contributed by atoms with van der Waals surface area (Å²) >= 11 is 6.27. The van der Waals surface area contributed by atoms with E-state index in [0.29, 0.717) is 22.1 Å². The van der Waals surface area contributed by atoms with Gasteiger partial charge < -0.3 is 10.1 Å². The molecule has 136 valence electrons. The van der Waals surface area contributed by atoms with Gasteiger partial charge >= 0.3 is 0 Å². The van der Waals surface area contributed by atoms with Crippen LogP contribution in [0.1, 0.15) is 22.8 Å². The van der Waals surface area contributed by atoms with Gasteiger partial charge in [0.2, 0.25) is 0 Å². The molecule has 0 saturated carbocycles. The van der Waals surface area contributed by atoms with Crippen molar-refractivity contribution in [1.82, 2.24) is 0 Å². The minimum Gasteiger partial charge on any atom is -0.453 e. The molecule has 0 spiro atoms. The van der Waals surface area contributed by atoms with E-state index in [1.54, 1.807) is 24.3 Å². The van der Waals surface area contributed by atoms with Crippen LogP contribution in [-0.4, -0.2) is 5.78 Å². The molecule has 0 radical (unpaired) electrons. The van der Waals surface area contributed by atoms with Gasteiger partial charge in [-0.05, 0) is 37.6 Å². The van der Waals surface area contributed by atoms with E-state index in [-0.39, 0.29) is 5.78 Å². The van der Waals surface area contributed by atoms with Crippen LogP contribution in [0.5, 0.6) is 11.5 Å². The molecule has 0 saturated heterocycles. The first-order valence-corrected chi connectivity index (χ1v) is 8.99. The van der Waals surface area contributed by atoms with Gasteiger partial charge in [0.15, 0.2) is 11.5 Å². The van der Waals surface area contributed by atoms with Crippen LogP contribution in [0.3, 0.4) is 0 Å². The van der Waals surface area contributed by atoms with Gasteiger partial charge in [-0.15, -0.1) is 0 Å². The van der Waals surface area contributed by atoms with Crippen molar-refractivity contribution in [2.45, 2.75) is 13.8 Å². The normalized spacial score (nSPS) is 11.1. The number of hydrogen-bond donors (Lipinski definition) is 1. The monoisotopic (exact) mass is 377 g/mol. The molecule has 0 bridgehead atoms. The highest BCUT2D eigenvalue weighted by atomic mass is 35.5. The summed E-state index contributed by atoms with van der Waals surface area (Å²) in [6.45, 7) is 3.79. The number of carbonyl (C=O) groups excluding carboxylic acids is 1. The maximum Gasteiger partial charge on any atom is 0.187 e. The Balaban J connectivity index is 1.82. The standard InChI is InChI=1S/C23H20ClNO2/c1-16-9-8-12-19(24)23(16)27-22-14-7-6-13-20(22)25-17(2)15-21(26)18-10-4-3-5-11-18/h3-15,25H,1-2H3/b17-15-. The Kier molecular flexibility index (Phi) is 5.94. The minimum absolute atomic E-state index is 0.0547. The number of hydrogen-bond acceptors (Lipinski definition) is 3. The zero-order valence-electron chi connectivity index (χ0n) is 15.2. The van der Waals surface area contributed by atoms with Crippen LogP contribution in [0, 0.1) is 6.92 Å². The van der Waals surface area contributed by atoms with E-state index in [1.165, 1.54) is 0 Å². The fraction of sp³-hybridized carbons (Fsp3) is 0.0870. The van der Waals surface area contributed by atoms with E-state index >= 15 is 0 Å². The number of aryl methyl sites for hydroxylation is 1. The number of anilines is 1. The molecule has 3 rings (SSSR count). The van der Waals surface area contributed by atoms with E-state index in [1.807, 2.05) is 68.4 Å².